The summed E-state index contributed by atoms with van der Waals surface area (Å²) in [4.78, 5) is 22.9. The second kappa shape index (κ2) is 4.24. The van der Waals surface area contributed by atoms with Crippen molar-refractivity contribution in [1.29, 1.82) is 0 Å². The molecule has 0 N–H and O–H groups in total. The lowest BCUT2D eigenvalue weighted by Crippen LogP contribution is -2.24. The molecule has 3 heteroatoms. The molecule has 2 aliphatic rings. The summed E-state index contributed by atoms with van der Waals surface area (Å²) in [5.41, 5.74) is 1.24. The van der Waals surface area contributed by atoms with Crippen LogP contribution in [0.1, 0.15) is 26.7 Å². The van der Waals surface area contributed by atoms with E-state index in [2.05, 4.69) is 16.9 Å². The summed E-state index contributed by atoms with van der Waals surface area (Å²) in [5.74, 6) is -1.26. The first-order valence-electron chi connectivity index (χ1n) is 5.72. The molecule has 0 spiro atoms. The van der Waals surface area contributed by atoms with E-state index in [1.165, 1.54) is 5.57 Å². The molecule has 0 aromatic rings. The molecule has 0 aromatic carbocycles. The third-order valence-corrected chi connectivity index (χ3v) is 3.55. The summed E-state index contributed by atoms with van der Waals surface area (Å²) in [7, 11) is 0. The average molecular weight is 220 g/mol. The molecule has 16 heavy (non-hydrogen) atoms. The van der Waals surface area contributed by atoms with Gasteiger partial charge >= 0.3 is 11.9 Å². The predicted molar refractivity (Wildman–Crippen MR) is 59.4 cm³/mol. The van der Waals surface area contributed by atoms with Crippen molar-refractivity contribution in [2.75, 3.05) is 0 Å². The highest BCUT2D eigenvalue weighted by atomic mass is 16.6. The molecule has 1 aliphatic carbocycles. The molecule has 1 fully saturated rings. The Morgan fingerprint density at radius 2 is 2.12 bits per heavy atom. The van der Waals surface area contributed by atoms with Crippen LogP contribution in [0.3, 0.4) is 0 Å². The molecular formula is C13H16O3. The van der Waals surface area contributed by atoms with Crippen LogP contribution in [0.15, 0.2) is 23.8 Å². The first kappa shape index (κ1) is 11.1. The van der Waals surface area contributed by atoms with E-state index in [0.717, 1.165) is 12.8 Å². The van der Waals surface area contributed by atoms with Crippen LogP contribution in [0.2, 0.25) is 0 Å². The number of allylic oxidation sites excluding steroid dienone is 4. The minimum Gasteiger partial charge on any atom is -0.393 e. The number of hydrogen-bond acceptors (Lipinski definition) is 3. The number of ether oxygens (including phenoxy) is 1. The Hall–Kier alpha value is -1.38. The monoisotopic (exact) mass is 220 g/mol. The average Bonchev–Trinajstić information content (AvgIpc) is 2.54. The van der Waals surface area contributed by atoms with Crippen LogP contribution >= 0.6 is 0 Å². The largest absolute Gasteiger partial charge is 0.393 e. The number of cyclic esters (lactones) is 2. The maximum atomic E-state index is 11.6. The Bertz CT molecular complexity index is 379. The van der Waals surface area contributed by atoms with E-state index in [1.807, 2.05) is 13.0 Å². The van der Waals surface area contributed by atoms with Crippen LogP contribution in [0.4, 0.5) is 0 Å². The molecule has 0 saturated carbocycles. The quantitative estimate of drug-likeness (QED) is 0.529. The normalized spacial score (nSPS) is 31.2. The third kappa shape index (κ3) is 1.82. The van der Waals surface area contributed by atoms with Gasteiger partial charge in [0.05, 0.1) is 11.8 Å². The third-order valence-electron chi connectivity index (χ3n) is 3.55. The highest BCUT2D eigenvalue weighted by molar-refractivity contribution is 5.96. The van der Waals surface area contributed by atoms with Crippen molar-refractivity contribution in [1.82, 2.24) is 0 Å². The van der Waals surface area contributed by atoms with E-state index in [1.54, 1.807) is 6.92 Å². The lowest BCUT2D eigenvalue weighted by atomic mass is 9.78. The maximum Gasteiger partial charge on any atom is 0.318 e. The Morgan fingerprint density at radius 1 is 1.38 bits per heavy atom. The van der Waals surface area contributed by atoms with Crippen molar-refractivity contribution < 1.29 is 14.3 Å². The van der Waals surface area contributed by atoms with Gasteiger partial charge in [-0.05, 0) is 18.8 Å². The van der Waals surface area contributed by atoms with Crippen molar-refractivity contribution >= 4 is 11.9 Å². The number of rotatable bonds is 2. The fraction of sp³-hybridized carbons (Fsp3) is 0.538. The van der Waals surface area contributed by atoms with Gasteiger partial charge in [0, 0.05) is 0 Å². The smallest absolute Gasteiger partial charge is 0.318 e. The molecule has 1 aliphatic heterocycles. The first-order valence-corrected chi connectivity index (χ1v) is 5.72. The summed E-state index contributed by atoms with van der Waals surface area (Å²) in [6.45, 7) is 3.78. The van der Waals surface area contributed by atoms with Crippen molar-refractivity contribution in [3.63, 3.8) is 0 Å². The fourth-order valence-corrected chi connectivity index (χ4v) is 2.48. The van der Waals surface area contributed by atoms with Gasteiger partial charge in [-0.15, -0.1) is 0 Å². The van der Waals surface area contributed by atoms with E-state index in [9.17, 15) is 9.59 Å². The fourth-order valence-electron chi connectivity index (χ4n) is 2.48. The van der Waals surface area contributed by atoms with E-state index in [4.69, 9.17) is 0 Å². The Morgan fingerprint density at radius 3 is 2.62 bits per heavy atom. The first-order chi connectivity index (χ1) is 7.61. The van der Waals surface area contributed by atoms with Gasteiger partial charge in [-0.2, -0.15) is 0 Å². The molecule has 0 amide bonds. The van der Waals surface area contributed by atoms with Gasteiger partial charge < -0.3 is 4.74 Å². The molecule has 86 valence electrons. The maximum absolute atomic E-state index is 11.6. The van der Waals surface area contributed by atoms with E-state index < -0.39 is 0 Å². The zero-order valence-electron chi connectivity index (χ0n) is 9.60. The number of hydrogen-bond donors (Lipinski definition) is 0. The summed E-state index contributed by atoms with van der Waals surface area (Å²) in [6, 6.07) is 0. The summed E-state index contributed by atoms with van der Waals surface area (Å²) < 4.78 is 4.67. The van der Waals surface area contributed by atoms with Crippen LogP contribution in [0, 0.1) is 17.8 Å². The zero-order chi connectivity index (χ0) is 11.7. The molecule has 1 heterocycles. The van der Waals surface area contributed by atoms with Gasteiger partial charge in [0.25, 0.3) is 0 Å². The van der Waals surface area contributed by atoms with Crippen molar-refractivity contribution in [3.8, 4) is 0 Å². The van der Waals surface area contributed by atoms with Gasteiger partial charge in [0.15, 0.2) is 0 Å². The van der Waals surface area contributed by atoms with E-state index in [-0.39, 0.29) is 29.7 Å². The van der Waals surface area contributed by atoms with E-state index >= 15 is 0 Å². The molecule has 3 atom stereocenters. The second-order valence-electron chi connectivity index (χ2n) is 4.55. The highest BCUT2D eigenvalue weighted by Gasteiger charge is 2.44. The van der Waals surface area contributed by atoms with Crippen molar-refractivity contribution in [2.45, 2.75) is 26.7 Å². The van der Waals surface area contributed by atoms with Gasteiger partial charge in [0.2, 0.25) is 0 Å². The van der Waals surface area contributed by atoms with Gasteiger partial charge in [-0.1, -0.05) is 37.6 Å². The highest BCUT2D eigenvalue weighted by Crippen LogP contribution is 2.36. The lowest BCUT2D eigenvalue weighted by molar-refractivity contribution is -0.153. The summed E-state index contributed by atoms with van der Waals surface area (Å²) in [5, 5.41) is 0. The van der Waals surface area contributed by atoms with Crippen LogP contribution in [0.5, 0.6) is 0 Å². The zero-order valence-corrected chi connectivity index (χ0v) is 9.60. The minimum absolute atomic E-state index is 0.0962. The molecule has 0 bridgehead atoms. The molecule has 1 saturated heterocycles. The Balaban J connectivity index is 2.18. The van der Waals surface area contributed by atoms with Gasteiger partial charge in [-0.3, -0.25) is 9.59 Å². The molecule has 0 radical (unpaired) electrons. The molecule has 3 nitrogen and oxygen atoms in total. The lowest BCUT2D eigenvalue weighted by Gasteiger charge is -2.22. The van der Waals surface area contributed by atoms with Crippen LogP contribution in [-0.2, 0) is 14.3 Å². The number of esters is 2. The summed E-state index contributed by atoms with van der Waals surface area (Å²) in [6.07, 6.45) is 8.17. The van der Waals surface area contributed by atoms with E-state index in [0.29, 0.717) is 0 Å². The minimum atomic E-state index is -0.381. The topological polar surface area (TPSA) is 43.4 Å². The van der Waals surface area contributed by atoms with Crippen LogP contribution in [0.25, 0.3) is 0 Å². The Labute approximate surface area is 95.2 Å². The van der Waals surface area contributed by atoms with Crippen LogP contribution in [-0.4, -0.2) is 11.9 Å². The molecule has 2 unspecified atom stereocenters. The standard InChI is InChI=1S/C13H16O3/c1-8(10-6-4-3-5-7-10)11-9(2)12(14)16-13(11)15/h3-4,6,8-9,11H,5,7H2,1-2H3/t8?,9-,11?/m0/s1. The van der Waals surface area contributed by atoms with Crippen molar-refractivity contribution in [3.05, 3.63) is 23.8 Å². The molecule has 0 aromatic heterocycles. The Kier molecular flexibility index (Phi) is 2.95. The molecule has 2 rings (SSSR count). The number of carbonyl (C=O) groups excluding carboxylic acids is 2. The second-order valence-corrected chi connectivity index (χ2v) is 4.55. The van der Waals surface area contributed by atoms with Crippen LogP contribution < -0.4 is 0 Å². The van der Waals surface area contributed by atoms with Gasteiger partial charge in [-0.25, -0.2) is 0 Å². The summed E-state index contributed by atoms with van der Waals surface area (Å²) >= 11 is 0. The molecular weight excluding hydrogens is 204 g/mol. The van der Waals surface area contributed by atoms with Crippen molar-refractivity contribution in [2.24, 2.45) is 17.8 Å². The predicted octanol–water partition coefficient (Wildman–Crippen LogP) is 2.23. The SMILES string of the molecule is CC(C1=CC=CCC1)C1C(=O)OC(=O)[C@H]1C. The van der Waals surface area contributed by atoms with Gasteiger partial charge in [0.1, 0.15) is 0 Å². The number of carbonyl (C=O) groups is 2.